The second-order valence-electron chi connectivity index (χ2n) is 4.76. The maximum atomic E-state index is 11.6. The number of benzene rings is 1. The van der Waals surface area contributed by atoms with E-state index in [1.54, 1.807) is 6.20 Å². The number of nitrogens with one attached hydrogen (secondary N) is 2. The number of amides is 1. The molecule has 0 fully saturated rings. The Balaban J connectivity index is 1.85. The van der Waals surface area contributed by atoms with E-state index in [9.17, 15) is 4.79 Å². The molecule has 0 saturated heterocycles. The molecule has 1 aromatic heterocycles. The van der Waals surface area contributed by atoms with Crippen LogP contribution in [-0.2, 0) is 4.79 Å². The molecule has 106 valence electrons. The van der Waals surface area contributed by atoms with Gasteiger partial charge in [-0.15, -0.1) is 0 Å². The Morgan fingerprint density at radius 2 is 2.05 bits per heavy atom. The van der Waals surface area contributed by atoms with Crippen LogP contribution in [-0.4, -0.2) is 24.0 Å². The fraction of sp³-hybridized carbons (Fsp3) is 0.375. The lowest BCUT2D eigenvalue weighted by Crippen LogP contribution is -2.26. The molecular weight excluding hydrogens is 250 g/mol. The molecule has 0 aliphatic carbocycles. The van der Waals surface area contributed by atoms with E-state index in [-0.39, 0.29) is 5.91 Å². The standard InChI is InChI=1S/C16H21N3O/c1-2-3-10-18-15(20)9-12-17-14-8-4-6-13-7-5-11-19-16(13)14/h4-8,11,17H,2-3,9-10,12H2,1H3,(H,18,20). The fourth-order valence-corrected chi connectivity index (χ4v) is 2.05. The van der Waals surface area contributed by atoms with Gasteiger partial charge in [0, 0.05) is 31.1 Å². The minimum Gasteiger partial charge on any atom is -0.383 e. The first-order valence-electron chi connectivity index (χ1n) is 7.15. The summed E-state index contributed by atoms with van der Waals surface area (Å²) < 4.78 is 0. The molecule has 1 heterocycles. The zero-order chi connectivity index (χ0) is 14.2. The Labute approximate surface area is 119 Å². The predicted octanol–water partition coefficient (Wildman–Crippen LogP) is 2.95. The highest BCUT2D eigenvalue weighted by molar-refractivity contribution is 5.90. The molecule has 0 aliphatic rings. The molecule has 1 amide bonds. The van der Waals surface area contributed by atoms with Crippen LogP contribution in [0.4, 0.5) is 5.69 Å². The Bertz CT molecular complexity index is 563. The number of hydrogen-bond donors (Lipinski definition) is 2. The molecule has 2 aromatic rings. The summed E-state index contributed by atoms with van der Waals surface area (Å²) in [6, 6.07) is 9.97. The average molecular weight is 271 g/mol. The molecule has 2 rings (SSSR count). The number of fused-ring (bicyclic) bond motifs is 1. The van der Waals surface area contributed by atoms with Crippen LogP contribution in [0, 0.1) is 0 Å². The van der Waals surface area contributed by atoms with E-state index in [1.165, 1.54) is 0 Å². The molecule has 0 aliphatic heterocycles. The van der Waals surface area contributed by atoms with Crippen molar-refractivity contribution < 1.29 is 4.79 Å². The highest BCUT2D eigenvalue weighted by atomic mass is 16.1. The van der Waals surface area contributed by atoms with Crippen molar-refractivity contribution in [1.82, 2.24) is 10.3 Å². The maximum absolute atomic E-state index is 11.6. The number of para-hydroxylation sites is 1. The van der Waals surface area contributed by atoms with Gasteiger partial charge < -0.3 is 10.6 Å². The SMILES string of the molecule is CCCCNC(=O)CCNc1cccc2cccnc12. The number of carbonyl (C=O) groups excluding carboxylic acids is 1. The normalized spacial score (nSPS) is 10.4. The van der Waals surface area contributed by atoms with Crippen molar-refractivity contribution in [2.24, 2.45) is 0 Å². The van der Waals surface area contributed by atoms with Gasteiger partial charge in [-0.3, -0.25) is 9.78 Å². The third kappa shape index (κ3) is 3.95. The number of unbranched alkanes of at least 4 members (excludes halogenated alkanes) is 1. The summed E-state index contributed by atoms with van der Waals surface area (Å²) in [6.07, 6.45) is 4.39. The number of aromatic nitrogens is 1. The van der Waals surface area contributed by atoms with Crippen molar-refractivity contribution in [2.75, 3.05) is 18.4 Å². The van der Waals surface area contributed by atoms with Gasteiger partial charge in [0.25, 0.3) is 0 Å². The van der Waals surface area contributed by atoms with Crippen molar-refractivity contribution in [3.05, 3.63) is 36.5 Å². The van der Waals surface area contributed by atoms with Gasteiger partial charge in [-0.05, 0) is 18.6 Å². The molecule has 0 spiro atoms. The second-order valence-corrected chi connectivity index (χ2v) is 4.76. The Hall–Kier alpha value is -2.10. The zero-order valence-corrected chi connectivity index (χ0v) is 11.9. The highest BCUT2D eigenvalue weighted by Crippen LogP contribution is 2.20. The van der Waals surface area contributed by atoms with Crippen LogP contribution in [0.3, 0.4) is 0 Å². The van der Waals surface area contributed by atoms with Crippen molar-refractivity contribution in [1.29, 1.82) is 0 Å². The van der Waals surface area contributed by atoms with Gasteiger partial charge in [0.05, 0.1) is 11.2 Å². The predicted molar refractivity (Wildman–Crippen MR) is 82.8 cm³/mol. The van der Waals surface area contributed by atoms with Crippen LogP contribution in [0.5, 0.6) is 0 Å². The Morgan fingerprint density at radius 3 is 2.90 bits per heavy atom. The summed E-state index contributed by atoms with van der Waals surface area (Å²) in [4.78, 5) is 16.0. The third-order valence-corrected chi connectivity index (χ3v) is 3.15. The topological polar surface area (TPSA) is 54.0 Å². The molecule has 4 nitrogen and oxygen atoms in total. The van der Waals surface area contributed by atoms with Gasteiger partial charge in [-0.25, -0.2) is 0 Å². The van der Waals surface area contributed by atoms with E-state index in [0.29, 0.717) is 13.0 Å². The molecule has 0 radical (unpaired) electrons. The molecule has 0 saturated carbocycles. The van der Waals surface area contributed by atoms with Crippen molar-refractivity contribution in [2.45, 2.75) is 26.2 Å². The smallest absolute Gasteiger partial charge is 0.221 e. The minimum atomic E-state index is 0.0964. The number of rotatable bonds is 7. The monoisotopic (exact) mass is 271 g/mol. The molecule has 1 aromatic carbocycles. The summed E-state index contributed by atoms with van der Waals surface area (Å²) in [6.45, 7) is 3.50. The largest absolute Gasteiger partial charge is 0.383 e. The fourth-order valence-electron chi connectivity index (χ4n) is 2.05. The number of nitrogens with zero attached hydrogens (tertiary/aromatic N) is 1. The number of carbonyl (C=O) groups is 1. The summed E-state index contributed by atoms with van der Waals surface area (Å²) in [7, 11) is 0. The quantitative estimate of drug-likeness (QED) is 0.761. The van der Waals surface area contributed by atoms with Gasteiger partial charge in [0.2, 0.25) is 5.91 Å². The van der Waals surface area contributed by atoms with Gasteiger partial charge in [-0.1, -0.05) is 31.5 Å². The van der Waals surface area contributed by atoms with Crippen LogP contribution in [0.2, 0.25) is 0 Å². The first-order chi connectivity index (χ1) is 9.81. The molecule has 2 N–H and O–H groups in total. The number of hydrogen-bond acceptors (Lipinski definition) is 3. The summed E-state index contributed by atoms with van der Waals surface area (Å²) in [5.74, 6) is 0.0964. The lowest BCUT2D eigenvalue weighted by Gasteiger charge is -2.09. The van der Waals surface area contributed by atoms with Gasteiger partial charge in [0.15, 0.2) is 0 Å². The zero-order valence-electron chi connectivity index (χ0n) is 11.9. The molecule has 20 heavy (non-hydrogen) atoms. The molecule has 0 unspecified atom stereocenters. The van der Waals surface area contributed by atoms with E-state index in [0.717, 1.165) is 36.0 Å². The van der Waals surface area contributed by atoms with Gasteiger partial charge in [-0.2, -0.15) is 0 Å². The lowest BCUT2D eigenvalue weighted by atomic mass is 10.2. The summed E-state index contributed by atoms with van der Waals surface area (Å²) in [5.41, 5.74) is 1.92. The summed E-state index contributed by atoms with van der Waals surface area (Å²) in [5, 5.41) is 7.30. The van der Waals surface area contributed by atoms with Gasteiger partial charge in [0.1, 0.15) is 0 Å². The maximum Gasteiger partial charge on any atom is 0.221 e. The Kier molecular flexibility index (Phi) is 5.35. The number of pyridine rings is 1. The second kappa shape index (κ2) is 7.48. The van der Waals surface area contributed by atoms with Crippen molar-refractivity contribution >= 4 is 22.5 Å². The van der Waals surface area contributed by atoms with E-state index in [2.05, 4.69) is 22.5 Å². The van der Waals surface area contributed by atoms with Gasteiger partial charge >= 0.3 is 0 Å². The molecule has 4 heteroatoms. The van der Waals surface area contributed by atoms with Crippen LogP contribution in [0.1, 0.15) is 26.2 Å². The van der Waals surface area contributed by atoms with E-state index < -0.39 is 0 Å². The first-order valence-corrected chi connectivity index (χ1v) is 7.15. The third-order valence-electron chi connectivity index (χ3n) is 3.15. The average Bonchev–Trinajstić information content (AvgIpc) is 2.48. The van der Waals surface area contributed by atoms with Crippen molar-refractivity contribution in [3.8, 4) is 0 Å². The summed E-state index contributed by atoms with van der Waals surface area (Å²) >= 11 is 0. The molecular formula is C16H21N3O. The van der Waals surface area contributed by atoms with Crippen LogP contribution in [0.15, 0.2) is 36.5 Å². The number of anilines is 1. The minimum absolute atomic E-state index is 0.0964. The van der Waals surface area contributed by atoms with Crippen LogP contribution < -0.4 is 10.6 Å². The Morgan fingerprint density at radius 1 is 1.20 bits per heavy atom. The lowest BCUT2D eigenvalue weighted by molar-refractivity contribution is -0.120. The molecule has 0 atom stereocenters. The van der Waals surface area contributed by atoms with Crippen LogP contribution >= 0.6 is 0 Å². The van der Waals surface area contributed by atoms with Crippen molar-refractivity contribution in [3.63, 3.8) is 0 Å². The molecule has 0 bridgehead atoms. The van der Waals surface area contributed by atoms with Crippen LogP contribution in [0.25, 0.3) is 10.9 Å². The van der Waals surface area contributed by atoms with E-state index in [4.69, 9.17) is 0 Å². The first kappa shape index (κ1) is 14.3. The van der Waals surface area contributed by atoms with E-state index in [1.807, 2.05) is 30.3 Å². The highest BCUT2D eigenvalue weighted by Gasteiger charge is 2.03. The van der Waals surface area contributed by atoms with E-state index >= 15 is 0 Å².